The minimum absolute atomic E-state index is 0.103. The topological polar surface area (TPSA) is 93.7 Å². The number of aryl methyl sites for hydroxylation is 1. The minimum atomic E-state index is -0.594. The molecule has 0 aliphatic carbocycles. The molecule has 0 unspecified atom stereocenters. The lowest BCUT2D eigenvalue weighted by molar-refractivity contribution is -0.149. The number of fused-ring (bicyclic) bond motifs is 1. The number of para-hydroxylation sites is 1. The van der Waals surface area contributed by atoms with Gasteiger partial charge in [0.1, 0.15) is 12.4 Å². The van der Waals surface area contributed by atoms with Gasteiger partial charge in [-0.25, -0.2) is 0 Å². The first-order valence-electron chi connectivity index (χ1n) is 9.19. The van der Waals surface area contributed by atoms with Crippen molar-refractivity contribution in [2.24, 2.45) is 0 Å². The van der Waals surface area contributed by atoms with Crippen LogP contribution in [0, 0.1) is 6.92 Å². The molecule has 1 heterocycles. The van der Waals surface area contributed by atoms with Crippen molar-refractivity contribution in [3.8, 4) is 5.75 Å². The molecule has 0 saturated heterocycles. The standard InChI is InChI=1S/C21H22N2O5S/c1-14-5-4-6-15(11-14)27-10-9-22-19(24)13-28-20(25)12-18-21(26)23-16-7-2-3-8-17(16)29-18/h2-8,11,18H,9-10,12-13H2,1H3,(H,22,24)(H,23,26)/t18-/m0/s1. The Morgan fingerprint density at radius 3 is 2.83 bits per heavy atom. The molecule has 1 aliphatic rings. The molecule has 2 aromatic rings. The van der Waals surface area contributed by atoms with Gasteiger partial charge in [-0.1, -0.05) is 24.3 Å². The number of ether oxygens (including phenoxy) is 2. The fourth-order valence-corrected chi connectivity index (χ4v) is 3.79. The van der Waals surface area contributed by atoms with Crippen LogP contribution in [0.1, 0.15) is 12.0 Å². The van der Waals surface area contributed by atoms with Gasteiger partial charge >= 0.3 is 5.97 Å². The summed E-state index contributed by atoms with van der Waals surface area (Å²) in [5, 5.41) is 4.81. The molecule has 7 nitrogen and oxygen atoms in total. The summed E-state index contributed by atoms with van der Waals surface area (Å²) < 4.78 is 10.5. The number of benzene rings is 2. The number of esters is 1. The second kappa shape index (κ2) is 9.97. The highest BCUT2D eigenvalue weighted by Gasteiger charge is 2.29. The summed E-state index contributed by atoms with van der Waals surface area (Å²) in [4.78, 5) is 36.8. The molecule has 152 valence electrons. The molecule has 0 aromatic heterocycles. The van der Waals surface area contributed by atoms with Crippen molar-refractivity contribution in [1.29, 1.82) is 0 Å². The van der Waals surface area contributed by atoms with E-state index in [1.807, 2.05) is 55.5 Å². The fourth-order valence-electron chi connectivity index (χ4n) is 2.70. The van der Waals surface area contributed by atoms with Crippen molar-refractivity contribution in [2.75, 3.05) is 25.1 Å². The number of carbonyl (C=O) groups excluding carboxylic acids is 3. The number of rotatable bonds is 8. The molecular formula is C21H22N2O5S. The van der Waals surface area contributed by atoms with Gasteiger partial charge in [0.05, 0.1) is 23.9 Å². The number of thioether (sulfide) groups is 1. The quantitative estimate of drug-likeness (QED) is 0.509. The van der Waals surface area contributed by atoms with Crippen molar-refractivity contribution in [3.05, 3.63) is 54.1 Å². The van der Waals surface area contributed by atoms with Gasteiger partial charge in [-0.05, 0) is 36.8 Å². The van der Waals surface area contributed by atoms with E-state index < -0.39 is 23.7 Å². The van der Waals surface area contributed by atoms with Crippen LogP contribution in [-0.4, -0.2) is 42.8 Å². The predicted molar refractivity (Wildman–Crippen MR) is 110 cm³/mol. The highest BCUT2D eigenvalue weighted by Crippen LogP contribution is 2.36. The maximum absolute atomic E-state index is 12.1. The molecule has 0 fully saturated rings. The maximum atomic E-state index is 12.1. The van der Waals surface area contributed by atoms with Gasteiger partial charge in [0.2, 0.25) is 5.91 Å². The maximum Gasteiger partial charge on any atom is 0.307 e. The molecule has 2 amide bonds. The first-order valence-corrected chi connectivity index (χ1v) is 10.1. The summed E-state index contributed by atoms with van der Waals surface area (Å²) in [5.41, 5.74) is 1.83. The van der Waals surface area contributed by atoms with E-state index in [4.69, 9.17) is 9.47 Å². The van der Waals surface area contributed by atoms with E-state index in [0.717, 1.165) is 21.9 Å². The van der Waals surface area contributed by atoms with Gasteiger partial charge in [-0.2, -0.15) is 0 Å². The van der Waals surface area contributed by atoms with Crippen molar-refractivity contribution in [3.63, 3.8) is 0 Å². The molecule has 0 radical (unpaired) electrons. The summed E-state index contributed by atoms with van der Waals surface area (Å²) in [6, 6.07) is 15.0. The summed E-state index contributed by atoms with van der Waals surface area (Å²) in [7, 11) is 0. The zero-order valence-electron chi connectivity index (χ0n) is 16.0. The average molecular weight is 414 g/mol. The predicted octanol–water partition coefficient (Wildman–Crippen LogP) is 2.54. The van der Waals surface area contributed by atoms with Crippen LogP contribution in [0.2, 0.25) is 0 Å². The number of nitrogens with one attached hydrogen (secondary N) is 2. The Balaban J connectivity index is 1.34. The Bertz CT molecular complexity index is 902. The van der Waals surface area contributed by atoms with Crippen LogP contribution in [0.15, 0.2) is 53.4 Å². The molecule has 1 atom stereocenters. The largest absolute Gasteiger partial charge is 0.492 e. The molecule has 1 aliphatic heterocycles. The normalized spacial score (nSPS) is 15.1. The van der Waals surface area contributed by atoms with Crippen LogP contribution in [-0.2, 0) is 19.1 Å². The third kappa shape index (κ3) is 6.25. The third-order valence-corrected chi connectivity index (χ3v) is 5.38. The summed E-state index contributed by atoms with van der Waals surface area (Å²) in [5.74, 6) is -0.528. The van der Waals surface area contributed by atoms with Crippen LogP contribution in [0.3, 0.4) is 0 Å². The van der Waals surface area contributed by atoms with Gasteiger partial charge < -0.3 is 20.1 Å². The van der Waals surface area contributed by atoms with Gasteiger partial charge in [-0.15, -0.1) is 11.8 Å². The van der Waals surface area contributed by atoms with Gasteiger partial charge in [-0.3, -0.25) is 14.4 Å². The Morgan fingerprint density at radius 2 is 2.00 bits per heavy atom. The van der Waals surface area contributed by atoms with Crippen molar-refractivity contribution < 1.29 is 23.9 Å². The van der Waals surface area contributed by atoms with Gasteiger partial charge in [0, 0.05) is 4.90 Å². The molecule has 0 spiro atoms. The van der Waals surface area contributed by atoms with Crippen molar-refractivity contribution >= 4 is 35.2 Å². The second-order valence-electron chi connectivity index (χ2n) is 6.47. The van der Waals surface area contributed by atoms with E-state index in [2.05, 4.69) is 10.6 Å². The van der Waals surface area contributed by atoms with Gasteiger partial charge in [0.15, 0.2) is 6.61 Å². The monoisotopic (exact) mass is 414 g/mol. The second-order valence-corrected chi connectivity index (χ2v) is 7.72. The molecule has 0 saturated carbocycles. The third-order valence-electron chi connectivity index (χ3n) is 4.11. The fraction of sp³-hybridized carbons (Fsp3) is 0.286. The Kier molecular flexibility index (Phi) is 7.13. The van der Waals surface area contributed by atoms with Crippen LogP contribution in [0.25, 0.3) is 0 Å². The number of hydrogen-bond acceptors (Lipinski definition) is 6. The van der Waals surface area contributed by atoms with Crippen LogP contribution < -0.4 is 15.4 Å². The Morgan fingerprint density at radius 1 is 1.17 bits per heavy atom. The summed E-state index contributed by atoms with van der Waals surface area (Å²) >= 11 is 1.31. The molecule has 0 bridgehead atoms. The van der Waals surface area contributed by atoms with E-state index in [1.165, 1.54) is 11.8 Å². The van der Waals surface area contributed by atoms with E-state index in [1.54, 1.807) is 0 Å². The van der Waals surface area contributed by atoms with Crippen molar-refractivity contribution in [2.45, 2.75) is 23.5 Å². The van der Waals surface area contributed by atoms with Crippen LogP contribution >= 0.6 is 11.8 Å². The molecular weight excluding hydrogens is 392 g/mol. The molecule has 29 heavy (non-hydrogen) atoms. The molecule has 8 heteroatoms. The Hall–Kier alpha value is -3.00. The van der Waals surface area contributed by atoms with Crippen molar-refractivity contribution in [1.82, 2.24) is 5.32 Å². The lowest BCUT2D eigenvalue weighted by Gasteiger charge is -2.23. The van der Waals surface area contributed by atoms with Crippen LogP contribution in [0.5, 0.6) is 5.75 Å². The van der Waals surface area contributed by atoms with E-state index >= 15 is 0 Å². The minimum Gasteiger partial charge on any atom is -0.492 e. The zero-order valence-corrected chi connectivity index (χ0v) is 16.8. The lowest BCUT2D eigenvalue weighted by Crippen LogP contribution is -2.34. The zero-order chi connectivity index (χ0) is 20.6. The number of carbonyl (C=O) groups is 3. The molecule has 2 N–H and O–H groups in total. The number of amides is 2. The Labute approximate surface area is 173 Å². The summed E-state index contributed by atoms with van der Waals surface area (Å²) in [6.07, 6.45) is -0.103. The van der Waals surface area contributed by atoms with E-state index in [9.17, 15) is 14.4 Å². The molecule has 2 aromatic carbocycles. The van der Waals surface area contributed by atoms with Gasteiger partial charge in [0.25, 0.3) is 5.91 Å². The number of anilines is 1. The average Bonchev–Trinajstić information content (AvgIpc) is 2.70. The first kappa shape index (κ1) is 20.7. The van der Waals surface area contributed by atoms with E-state index in [-0.39, 0.29) is 12.3 Å². The SMILES string of the molecule is Cc1cccc(OCCNC(=O)COC(=O)C[C@@H]2Sc3ccccc3NC2=O)c1. The smallest absolute Gasteiger partial charge is 0.307 e. The lowest BCUT2D eigenvalue weighted by atomic mass is 10.2. The molecule has 3 rings (SSSR count). The highest BCUT2D eigenvalue weighted by molar-refractivity contribution is 8.01. The van der Waals surface area contributed by atoms with E-state index in [0.29, 0.717) is 13.2 Å². The van der Waals surface area contributed by atoms with Crippen LogP contribution in [0.4, 0.5) is 5.69 Å². The number of hydrogen-bond donors (Lipinski definition) is 2. The first-order chi connectivity index (χ1) is 14.0. The summed E-state index contributed by atoms with van der Waals surface area (Å²) in [6.45, 7) is 2.18. The highest BCUT2D eigenvalue weighted by atomic mass is 32.2.